The summed E-state index contributed by atoms with van der Waals surface area (Å²) < 4.78 is 38.7. The second-order valence-electron chi connectivity index (χ2n) is 6.69. The molecule has 3 heterocycles. The topological polar surface area (TPSA) is 66.4 Å². The van der Waals surface area contributed by atoms with E-state index in [1.165, 1.54) is 0 Å². The molecule has 3 rings (SSSR count). The second-order valence-corrected chi connectivity index (χ2v) is 7.36. The van der Waals surface area contributed by atoms with Crippen molar-refractivity contribution in [2.75, 3.05) is 12.4 Å². The maximum atomic E-state index is 8.96. The molecule has 3 saturated heterocycles. The fourth-order valence-corrected chi connectivity index (χ4v) is 3.63. The van der Waals surface area contributed by atoms with E-state index in [-0.39, 0.29) is 30.5 Å². The van der Waals surface area contributed by atoms with Crippen molar-refractivity contribution in [3.8, 4) is 0 Å². The van der Waals surface area contributed by atoms with E-state index in [0.717, 1.165) is 18.5 Å². The van der Waals surface area contributed by atoms with Gasteiger partial charge in [0.25, 0.3) is 0 Å². The van der Waals surface area contributed by atoms with Crippen molar-refractivity contribution in [2.45, 2.75) is 76.2 Å². The van der Waals surface area contributed by atoms with Crippen LogP contribution in [0, 0.1) is 0 Å². The van der Waals surface area contributed by atoms with Gasteiger partial charge in [0.2, 0.25) is 0 Å². The number of rotatable bonds is 4. The first-order chi connectivity index (χ1) is 9.81. The minimum Gasteiger partial charge on any atom is -0.367 e. The molecule has 1 N–H and O–H groups in total. The molecule has 1 unspecified atom stereocenters. The van der Waals surface area contributed by atoms with Gasteiger partial charge in [-0.25, -0.2) is 0 Å². The lowest BCUT2D eigenvalue weighted by Crippen LogP contribution is -2.40. The lowest BCUT2D eigenvalue weighted by molar-refractivity contribution is -0.206. The van der Waals surface area contributed by atoms with E-state index >= 15 is 0 Å². The largest absolute Gasteiger partial charge is 0.367 e. The molecule has 0 saturated carbocycles. The summed E-state index contributed by atoms with van der Waals surface area (Å²) in [4.78, 5) is 0. The summed E-state index contributed by atoms with van der Waals surface area (Å²) in [5.74, 6) is -0.591. The van der Waals surface area contributed by atoms with Gasteiger partial charge in [0.1, 0.15) is 24.4 Å². The SMILES string of the molecule is CC1(C)OC[C@H]([C@@H]2OC(CCSO)[C@@H]3OC(C)(C)O[C@H]23)O1. The predicted molar refractivity (Wildman–Crippen MR) is 77.1 cm³/mol. The summed E-state index contributed by atoms with van der Waals surface area (Å²) in [6.07, 6.45) is -0.00619. The lowest BCUT2D eigenvalue weighted by Gasteiger charge is -2.27. The van der Waals surface area contributed by atoms with E-state index in [2.05, 4.69) is 0 Å². The zero-order valence-electron chi connectivity index (χ0n) is 12.9. The molecule has 21 heavy (non-hydrogen) atoms. The van der Waals surface area contributed by atoms with Gasteiger partial charge in [-0.3, -0.25) is 0 Å². The lowest BCUT2D eigenvalue weighted by atomic mass is 10.0. The highest BCUT2D eigenvalue weighted by atomic mass is 32.2. The summed E-state index contributed by atoms with van der Waals surface area (Å²) in [5.41, 5.74) is 0. The minimum absolute atomic E-state index is 0.0891. The molecule has 5 atom stereocenters. The maximum absolute atomic E-state index is 8.96. The van der Waals surface area contributed by atoms with Crippen LogP contribution >= 0.6 is 12.0 Å². The van der Waals surface area contributed by atoms with Crippen LogP contribution in [-0.2, 0) is 23.7 Å². The third-order valence-corrected chi connectivity index (χ3v) is 4.49. The molecule has 0 amide bonds. The maximum Gasteiger partial charge on any atom is 0.164 e. The average molecular weight is 320 g/mol. The Bertz CT molecular complexity index is 388. The Hall–Kier alpha value is 0.110. The highest BCUT2D eigenvalue weighted by Crippen LogP contribution is 2.43. The highest BCUT2D eigenvalue weighted by Gasteiger charge is 2.58. The molecule has 0 aromatic carbocycles. The van der Waals surface area contributed by atoms with Crippen LogP contribution in [0.15, 0.2) is 0 Å². The molecule has 3 fully saturated rings. The van der Waals surface area contributed by atoms with Crippen LogP contribution in [0.5, 0.6) is 0 Å². The summed E-state index contributed by atoms with van der Waals surface area (Å²) in [7, 11) is 0. The molecule has 0 radical (unpaired) electrons. The van der Waals surface area contributed by atoms with Crippen molar-refractivity contribution in [1.82, 2.24) is 0 Å². The number of fused-ring (bicyclic) bond motifs is 1. The van der Waals surface area contributed by atoms with E-state index in [4.69, 9.17) is 28.2 Å². The Morgan fingerprint density at radius 1 is 1.00 bits per heavy atom. The zero-order valence-corrected chi connectivity index (χ0v) is 13.7. The quantitative estimate of drug-likeness (QED) is 0.795. The Kier molecular flexibility index (Phi) is 4.29. The molecule has 122 valence electrons. The van der Waals surface area contributed by atoms with Gasteiger partial charge in [-0.05, 0) is 46.2 Å². The molecule has 0 bridgehead atoms. The van der Waals surface area contributed by atoms with E-state index < -0.39 is 11.6 Å². The first-order valence-electron chi connectivity index (χ1n) is 7.40. The van der Waals surface area contributed by atoms with Crippen molar-refractivity contribution in [3.05, 3.63) is 0 Å². The Morgan fingerprint density at radius 2 is 1.71 bits per heavy atom. The molecule has 0 aromatic heterocycles. The van der Waals surface area contributed by atoms with E-state index in [9.17, 15) is 0 Å². The van der Waals surface area contributed by atoms with Crippen molar-refractivity contribution < 1.29 is 28.2 Å². The molecule has 0 spiro atoms. The van der Waals surface area contributed by atoms with Crippen LogP contribution in [0.3, 0.4) is 0 Å². The summed E-state index contributed by atoms with van der Waals surface area (Å²) >= 11 is 0.823. The highest BCUT2D eigenvalue weighted by molar-refractivity contribution is 7.93. The third kappa shape index (κ3) is 3.24. The Balaban J connectivity index is 1.72. The van der Waals surface area contributed by atoms with Crippen LogP contribution in [0.25, 0.3) is 0 Å². The van der Waals surface area contributed by atoms with Crippen molar-refractivity contribution in [1.29, 1.82) is 0 Å². The normalized spacial score (nSPS) is 44.1. The van der Waals surface area contributed by atoms with Crippen molar-refractivity contribution in [2.24, 2.45) is 0 Å². The number of hydrogen-bond donors (Lipinski definition) is 1. The Labute approximate surface area is 129 Å². The van der Waals surface area contributed by atoms with Gasteiger partial charge in [0.15, 0.2) is 11.6 Å². The van der Waals surface area contributed by atoms with Crippen LogP contribution < -0.4 is 0 Å². The standard InChI is InChI=1S/C14H24O6S/c1-13(2)16-7-9(18-13)10-12-11(19-14(3,4)20-12)8(17-10)5-6-21-15/h8-12,15H,5-7H2,1-4H3/t8?,9-,10+,11+,12-/m1/s1. The smallest absolute Gasteiger partial charge is 0.164 e. The van der Waals surface area contributed by atoms with Crippen LogP contribution in [-0.4, -0.2) is 59.0 Å². The minimum atomic E-state index is -0.614. The Morgan fingerprint density at radius 3 is 2.33 bits per heavy atom. The monoisotopic (exact) mass is 320 g/mol. The third-order valence-electron chi connectivity index (χ3n) is 4.08. The number of ether oxygens (including phenoxy) is 5. The molecular formula is C14H24O6S. The van der Waals surface area contributed by atoms with Gasteiger partial charge >= 0.3 is 0 Å². The first kappa shape index (κ1) is 16.0. The molecular weight excluding hydrogens is 296 g/mol. The van der Waals surface area contributed by atoms with Crippen molar-refractivity contribution >= 4 is 12.0 Å². The average Bonchev–Trinajstić information content (AvgIpc) is 2.98. The summed E-state index contributed by atoms with van der Waals surface area (Å²) in [6, 6.07) is 0. The van der Waals surface area contributed by atoms with Gasteiger partial charge in [0, 0.05) is 5.75 Å². The first-order valence-corrected chi connectivity index (χ1v) is 8.35. The van der Waals surface area contributed by atoms with Crippen LogP contribution in [0.2, 0.25) is 0 Å². The van der Waals surface area contributed by atoms with Crippen LogP contribution in [0.4, 0.5) is 0 Å². The van der Waals surface area contributed by atoms with E-state index in [1.54, 1.807) is 0 Å². The summed E-state index contributed by atoms with van der Waals surface area (Å²) in [5, 5.41) is 0. The van der Waals surface area contributed by atoms with Crippen LogP contribution in [0.1, 0.15) is 34.1 Å². The van der Waals surface area contributed by atoms with Gasteiger partial charge in [-0.15, -0.1) is 0 Å². The fraction of sp³-hybridized carbons (Fsp3) is 1.00. The molecule has 0 aromatic rings. The van der Waals surface area contributed by atoms with E-state index in [0.29, 0.717) is 12.4 Å². The molecule has 3 aliphatic rings. The van der Waals surface area contributed by atoms with Gasteiger partial charge in [-0.2, -0.15) is 0 Å². The van der Waals surface area contributed by atoms with Crippen molar-refractivity contribution in [3.63, 3.8) is 0 Å². The van der Waals surface area contributed by atoms with Gasteiger partial charge in [0.05, 0.1) is 12.7 Å². The molecule has 6 nitrogen and oxygen atoms in total. The van der Waals surface area contributed by atoms with E-state index in [1.807, 2.05) is 27.7 Å². The summed E-state index contributed by atoms with van der Waals surface area (Å²) in [6.45, 7) is 8.11. The zero-order chi connectivity index (χ0) is 15.3. The second kappa shape index (κ2) is 5.63. The molecule has 0 aliphatic carbocycles. The molecule has 3 aliphatic heterocycles. The van der Waals surface area contributed by atoms with Gasteiger partial charge in [-0.1, -0.05) is 0 Å². The predicted octanol–water partition coefficient (Wildman–Crippen LogP) is 2.02. The molecule has 7 heteroatoms. The fourth-order valence-electron chi connectivity index (χ4n) is 3.29. The number of hydrogen-bond acceptors (Lipinski definition) is 7. The van der Waals surface area contributed by atoms with Gasteiger partial charge < -0.3 is 28.2 Å².